The summed E-state index contributed by atoms with van der Waals surface area (Å²) in [5, 5.41) is 0.704. The van der Waals surface area contributed by atoms with E-state index in [2.05, 4.69) is 25.8 Å². The third kappa shape index (κ3) is 2.14. The van der Waals surface area contributed by atoms with Crippen molar-refractivity contribution < 1.29 is 0 Å². The van der Waals surface area contributed by atoms with E-state index in [1.165, 1.54) is 0 Å². The van der Waals surface area contributed by atoms with Crippen LogP contribution in [0.5, 0.6) is 0 Å². The monoisotopic (exact) mass is 276 g/mol. The van der Waals surface area contributed by atoms with Crippen LogP contribution in [0.1, 0.15) is 40.0 Å². The van der Waals surface area contributed by atoms with E-state index in [0.717, 1.165) is 24.8 Å². The van der Waals surface area contributed by atoms with Crippen molar-refractivity contribution in [2.75, 3.05) is 0 Å². The number of nitrogens with one attached hydrogen (secondary N) is 1. The molecule has 2 rings (SSSR count). The Morgan fingerprint density at radius 2 is 1.74 bits per heavy atom. The van der Waals surface area contributed by atoms with Crippen LogP contribution in [-0.4, -0.2) is 9.55 Å². The molecule has 1 heterocycles. The number of hydrogen-bond acceptors (Lipinski definition) is 2. The molecule has 0 atom stereocenters. The van der Waals surface area contributed by atoms with E-state index in [1.54, 1.807) is 4.57 Å². The minimum atomic E-state index is -0.186. The van der Waals surface area contributed by atoms with E-state index in [-0.39, 0.29) is 11.1 Å². The maximum Gasteiger partial charge on any atom is 0.262 e. The number of fused-ring (bicyclic) bond motifs is 1. The molecule has 0 aliphatic heterocycles. The molecule has 4 heteroatoms. The van der Waals surface area contributed by atoms with Crippen molar-refractivity contribution >= 4 is 23.1 Å². The molecule has 0 saturated heterocycles. The van der Waals surface area contributed by atoms with Crippen LogP contribution in [0.3, 0.4) is 0 Å². The zero-order valence-corrected chi connectivity index (χ0v) is 12.5. The molecule has 1 aromatic heterocycles. The number of nitrogens with zero attached hydrogens (tertiary/aromatic N) is 1. The van der Waals surface area contributed by atoms with Crippen LogP contribution in [0.2, 0.25) is 0 Å². The molecule has 0 radical (unpaired) electrons. The Morgan fingerprint density at radius 3 is 2.32 bits per heavy atom. The molecule has 0 fully saturated rings. The fraction of sp³-hybridized carbons (Fsp3) is 0.467. The van der Waals surface area contributed by atoms with Crippen molar-refractivity contribution in [1.29, 1.82) is 0 Å². The van der Waals surface area contributed by atoms with Gasteiger partial charge in [0, 0.05) is 5.54 Å². The Hall–Kier alpha value is -1.42. The van der Waals surface area contributed by atoms with E-state index in [0.29, 0.717) is 10.2 Å². The van der Waals surface area contributed by atoms with Gasteiger partial charge in [0.2, 0.25) is 0 Å². The predicted molar refractivity (Wildman–Crippen MR) is 82.2 cm³/mol. The van der Waals surface area contributed by atoms with Crippen molar-refractivity contribution in [3.8, 4) is 0 Å². The maximum absolute atomic E-state index is 12.7. The molecule has 1 aromatic carbocycles. The molecular formula is C15H20N2OS. The molecule has 0 saturated carbocycles. The number of rotatable bonds is 4. The van der Waals surface area contributed by atoms with Crippen LogP contribution >= 0.6 is 12.2 Å². The third-order valence-corrected chi connectivity index (χ3v) is 4.54. The Kier molecular flexibility index (Phi) is 3.90. The van der Waals surface area contributed by atoms with Gasteiger partial charge in [-0.15, -0.1) is 0 Å². The van der Waals surface area contributed by atoms with Gasteiger partial charge < -0.3 is 4.98 Å². The first-order valence-electron chi connectivity index (χ1n) is 6.84. The Bertz CT molecular complexity index is 687. The summed E-state index contributed by atoms with van der Waals surface area (Å²) < 4.78 is 2.30. The largest absolute Gasteiger partial charge is 0.332 e. The molecule has 1 N–H and O–H groups in total. The Morgan fingerprint density at radius 1 is 1.16 bits per heavy atom. The highest BCUT2D eigenvalue weighted by atomic mass is 32.1. The normalized spacial score (nSPS) is 11.9. The van der Waals surface area contributed by atoms with Crippen LogP contribution in [-0.2, 0) is 5.54 Å². The summed E-state index contributed by atoms with van der Waals surface area (Å²) in [5.41, 5.74) is 0.644. The standard InChI is InChI=1S/C15H20N2OS/c1-4-15(5-2,6-3)17-13(18)11-9-7-8-10-12(11)16-14(17)19/h7-10H,4-6H2,1-3H3,(H,16,19). The molecule has 19 heavy (non-hydrogen) atoms. The first-order chi connectivity index (χ1) is 9.09. The van der Waals surface area contributed by atoms with Gasteiger partial charge >= 0.3 is 0 Å². The van der Waals surface area contributed by atoms with E-state index in [1.807, 2.05) is 24.3 Å². The summed E-state index contributed by atoms with van der Waals surface area (Å²) in [6.45, 7) is 6.34. The molecule has 0 amide bonds. The Balaban J connectivity index is 2.88. The fourth-order valence-corrected chi connectivity index (χ4v) is 3.20. The quantitative estimate of drug-likeness (QED) is 0.858. The lowest BCUT2D eigenvalue weighted by Crippen LogP contribution is -2.41. The number of para-hydroxylation sites is 1. The highest BCUT2D eigenvalue weighted by Crippen LogP contribution is 2.28. The zero-order valence-electron chi connectivity index (χ0n) is 11.7. The van der Waals surface area contributed by atoms with Gasteiger partial charge in [0.05, 0.1) is 10.9 Å². The molecule has 0 aliphatic rings. The number of H-pyrrole nitrogens is 1. The third-order valence-electron chi connectivity index (χ3n) is 4.25. The van der Waals surface area contributed by atoms with Crippen molar-refractivity contribution in [2.45, 2.75) is 45.6 Å². The van der Waals surface area contributed by atoms with Gasteiger partial charge in [-0.3, -0.25) is 9.36 Å². The van der Waals surface area contributed by atoms with Crippen LogP contribution in [0.4, 0.5) is 0 Å². The van der Waals surface area contributed by atoms with Crippen molar-refractivity contribution in [2.24, 2.45) is 0 Å². The van der Waals surface area contributed by atoms with Gasteiger partial charge in [-0.1, -0.05) is 32.9 Å². The number of benzene rings is 1. The van der Waals surface area contributed by atoms with Crippen LogP contribution in [0.15, 0.2) is 29.1 Å². The second kappa shape index (κ2) is 5.29. The lowest BCUT2D eigenvalue weighted by atomic mass is 9.89. The molecule has 0 bridgehead atoms. The van der Waals surface area contributed by atoms with Gasteiger partial charge in [0.1, 0.15) is 0 Å². The number of aromatic nitrogens is 2. The Labute approximate surface area is 118 Å². The lowest BCUT2D eigenvalue weighted by Gasteiger charge is -2.33. The minimum Gasteiger partial charge on any atom is -0.332 e. The van der Waals surface area contributed by atoms with Crippen LogP contribution in [0, 0.1) is 4.77 Å². The zero-order chi connectivity index (χ0) is 14.0. The number of hydrogen-bond donors (Lipinski definition) is 1. The molecular weight excluding hydrogens is 256 g/mol. The van der Waals surface area contributed by atoms with Gasteiger partial charge in [0.25, 0.3) is 5.56 Å². The van der Waals surface area contributed by atoms with Gasteiger partial charge in [-0.05, 0) is 43.6 Å². The second-order valence-electron chi connectivity index (χ2n) is 4.90. The van der Waals surface area contributed by atoms with Crippen molar-refractivity contribution in [3.63, 3.8) is 0 Å². The number of aromatic amines is 1. The average molecular weight is 276 g/mol. The second-order valence-corrected chi connectivity index (χ2v) is 5.29. The summed E-state index contributed by atoms with van der Waals surface area (Å²) in [7, 11) is 0. The molecule has 2 aromatic rings. The molecule has 0 unspecified atom stereocenters. The van der Waals surface area contributed by atoms with Gasteiger partial charge in [-0.25, -0.2) is 0 Å². The highest BCUT2D eigenvalue weighted by molar-refractivity contribution is 7.71. The van der Waals surface area contributed by atoms with Crippen molar-refractivity contribution in [1.82, 2.24) is 9.55 Å². The van der Waals surface area contributed by atoms with Crippen LogP contribution in [0.25, 0.3) is 10.9 Å². The predicted octanol–water partition coefficient (Wildman–Crippen LogP) is 3.98. The molecule has 102 valence electrons. The highest BCUT2D eigenvalue weighted by Gasteiger charge is 2.28. The lowest BCUT2D eigenvalue weighted by molar-refractivity contribution is 0.238. The molecule has 0 aliphatic carbocycles. The summed E-state index contributed by atoms with van der Waals surface area (Å²) in [5.74, 6) is 0. The topological polar surface area (TPSA) is 37.8 Å². The van der Waals surface area contributed by atoms with Gasteiger partial charge in [-0.2, -0.15) is 0 Å². The van der Waals surface area contributed by atoms with E-state index in [4.69, 9.17) is 12.2 Å². The summed E-state index contributed by atoms with van der Waals surface area (Å²) in [6, 6.07) is 7.54. The molecule has 0 spiro atoms. The van der Waals surface area contributed by atoms with Crippen molar-refractivity contribution in [3.05, 3.63) is 39.4 Å². The molecule has 3 nitrogen and oxygen atoms in total. The SMILES string of the molecule is CCC(CC)(CC)n1c(=S)[nH]c2ccccc2c1=O. The smallest absolute Gasteiger partial charge is 0.262 e. The summed E-state index contributed by atoms with van der Waals surface area (Å²) in [6.07, 6.45) is 2.70. The van der Waals surface area contributed by atoms with E-state index >= 15 is 0 Å². The summed E-state index contributed by atoms with van der Waals surface area (Å²) in [4.78, 5) is 15.9. The maximum atomic E-state index is 12.7. The average Bonchev–Trinajstić information content (AvgIpc) is 2.44. The summed E-state index contributed by atoms with van der Waals surface area (Å²) >= 11 is 5.42. The van der Waals surface area contributed by atoms with Gasteiger partial charge in [0.15, 0.2) is 4.77 Å². The first-order valence-corrected chi connectivity index (χ1v) is 7.25. The minimum absolute atomic E-state index is 0.0184. The van der Waals surface area contributed by atoms with Crippen LogP contribution < -0.4 is 5.56 Å². The van der Waals surface area contributed by atoms with E-state index in [9.17, 15) is 4.79 Å². The fourth-order valence-electron chi connectivity index (χ4n) is 2.82. The first kappa shape index (κ1) is 14.0. The van der Waals surface area contributed by atoms with E-state index < -0.39 is 0 Å².